The van der Waals surface area contributed by atoms with Crippen molar-refractivity contribution < 1.29 is 28.9 Å². The van der Waals surface area contributed by atoms with Gasteiger partial charge in [0, 0.05) is 0 Å². The van der Waals surface area contributed by atoms with Crippen LogP contribution in [-0.2, 0) is 9.59 Å². The van der Waals surface area contributed by atoms with E-state index in [0.717, 1.165) is 24.8 Å². The zero-order chi connectivity index (χ0) is 23.8. The van der Waals surface area contributed by atoms with Crippen LogP contribution in [0.2, 0.25) is 0 Å². The molecular weight excluding hydrogens is 420 g/mol. The number of benzene rings is 2. The van der Waals surface area contributed by atoms with Crippen molar-refractivity contribution in [2.24, 2.45) is 5.41 Å². The summed E-state index contributed by atoms with van der Waals surface area (Å²) >= 11 is 0. The Morgan fingerprint density at radius 3 is 1.82 bits per heavy atom. The van der Waals surface area contributed by atoms with Crippen LogP contribution in [0.5, 0.6) is 23.0 Å². The lowest BCUT2D eigenvalue weighted by molar-refractivity contribution is -0.137. The molecule has 0 amide bonds. The second-order valence-corrected chi connectivity index (χ2v) is 8.08. The number of hydrogen-bond donors (Lipinski definition) is 1. The molecule has 0 bridgehead atoms. The molecule has 0 aliphatic heterocycles. The Morgan fingerprint density at radius 1 is 0.758 bits per heavy atom. The van der Waals surface area contributed by atoms with E-state index in [0.29, 0.717) is 35.7 Å². The van der Waals surface area contributed by atoms with Gasteiger partial charge in [0.2, 0.25) is 0 Å². The number of ether oxygens (including phenoxy) is 3. The van der Waals surface area contributed by atoms with Crippen molar-refractivity contribution >= 4 is 23.7 Å². The molecule has 1 saturated carbocycles. The van der Waals surface area contributed by atoms with E-state index >= 15 is 0 Å². The normalized spacial score (nSPS) is 15.5. The first-order valence-electron chi connectivity index (χ1n) is 11.0. The highest BCUT2D eigenvalue weighted by Gasteiger charge is 2.43. The molecular formula is C27H30O6. The van der Waals surface area contributed by atoms with Crippen molar-refractivity contribution in [2.75, 3.05) is 21.3 Å². The summed E-state index contributed by atoms with van der Waals surface area (Å²) in [4.78, 5) is 26.6. The highest BCUT2D eigenvalue weighted by Crippen LogP contribution is 2.39. The maximum absolute atomic E-state index is 13.3. The van der Waals surface area contributed by atoms with Gasteiger partial charge in [0.05, 0.1) is 26.7 Å². The number of carbonyl (C=O) groups is 2. The van der Waals surface area contributed by atoms with Crippen molar-refractivity contribution in [3.8, 4) is 23.0 Å². The molecule has 3 rings (SSSR count). The van der Waals surface area contributed by atoms with Gasteiger partial charge in [0.1, 0.15) is 0 Å². The highest BCUT2D eigenvalue weighted by atomic mass is 16.5. The van der Waals surface area contributed by atoms with Crippen LogP contribution in [0.1, 0.15) is 43.2 Å². The topological polar surface area (TPSA) is 82.1 Å². The third-order valence-corrected chi connectivity index (χ3v) is 6.12. The minimum Gasteiger partial charge on any atom is -0.504 e. The molecule has 0 spiro atoms. The zero-order valence-electron chi connectivity index (χ0n) is 19.3. The number of carbonyl (C=O) groups excluding carboxylic acids is 2. The van der Waals surface area contributed by atoms with E-state index in [1.54, 1.807) is 50.6 Å². The Labute approximate surface area is 194 Å². The second kappa shape index (κ2) is 10.9. The fraction of sp³-hybridized carbons (Fsp3) is 0.333. The Balaban J connectivity index is 1.83. The van der Waals surface area contributed by atoms with E-state index in [-0.39, 0.29) is 17.3 Å². The number of allylic oxidation sites excluding steroid dienone is 2. The molecule has 6 heteroatoms. The maximum atomic E-state index is 13.3. The number of ketones is 2. The molecule has 6 nitrogen and oxygen atoms in total. The minimum atomic E-state index is -1.05. The fourth-order valence-electron chi connectivity index (χ4n) is 4.19. The molecule has 2 aromatic rings. The van der Waals surface area contributed by atoms with Crippen LogP contribution in [-0.4, -0.2) is 38.0 Å². The molecule has 174 valence electrons. The van der Waals surface area contributed by atoms with Crippen LogP contribution in [0, 0.1) is 5.41 Å². The summed E-state index contributed by atoms with van der Waals surface area (Å²) in [5.41, 5.74) is 0.437. The fourth-order valence-corrected chi connectivity index (χ4v) is 4.19. The first-order chi connectivity index (χ1) is 15.9. The van der Waals surface area contributed by atoms with Crippen LogP contribution in [0.25, 0.3) is 12.2 Å². The molecule has 1 aliphatic carbocycles. The minimum absolute atomic E-state index is 0.0280. The Kier molecular flexibility index (Phi) is 7.93. The third kappa shape index (κ3) is 5.45. The molecule has 0 atom stereocenters. The molecule has 0 aromatic heterocycles. The number of hydrogen-bond acceptors (Lipinski definition) is 6. The van der Waals surface area contributed by atoms with Gasteiger partial charge in [-0.3, -0.25) is 9.59 Å². The molecule has 1 N–H and O–H groups in total. The van der Waals surface area contributed by atoms with Crippen molar-refractivity contribution in [2.45, 2.75) is 32.1 Å². The molecule has 33 heavy (non-hydrogen) atoms. The lowest BCUT2D eigenvalue weighted by Gasteiger charge is -2.32. The van der Waals surface area contributed by atoms with Crippen molar-refractivity contribution in [3.63, 3.8) is 0 Å². The van der Waals surface area contributed by atoms with Gasteiger partial charge in [0.25, 0.3) is 0 Å². The summed E-state index contributed by atoms with van der Waals surface area (Å²) in [5.74, 6) is 1.15. The average Bonchev–Trinajstić information content (AvgIpc) is 2.86. The molecule has 2 aromatic carbocycles. The van der Waals surface area contributed by atoms with Gasteiger partial charge < -0.3 is 19.3 Å². The molecule has 1 fully saturated rings. The van der Waals surface area contributed by atoms with E-state index in [2.05, 4.69) is 0 Å². The lowest BCUT2D eigenvalue weighted by Crippen LogP contribution is -2.39. The summed E-state index contributed by atoms with van der Waals surface area (Å²) in [5, 5.41) is 9.76. The average molecular weight is 451 g/mol. The van der Waals surface area contributed by atoms with E-state index in [1.165, 1.54) is 25.3 Å². The van der Waals surface area contributed by atoms with Gasteiger partial charge in [-0.15, -0.1) is 0 Å². The third-order valence-electron chi connectivity index (χ3n) is 6.12. The summed E-state index contributed by atoms with van der Waals surface area (Å²) in [6.45, 7) is 0. The van der Waals surface area contributed by atoms with Crippen LogP contribution >= 0.6 is 0 Å². The van der Waals surface area contributed by atoms with Gasteiger partial charge in [0.15, 0.2) is 34.6 Å². The smallest absolute Gasteiger partial charge is 0.169 e. The van der Waals surface area contributed by atoms with Gasteiger partial charge in [-0.25, -0.2) is 0 Å². The maximum Gasteiger partial charge on any atom is 0.169 e. The van der Waals surface area contributed by atoms with Crippen LogP contribution in [0.4, 0.5) is 0 Å². The SMILES string of the molecule is COc1cc(/C=C/C(=O)C2(C(=O)/C=C/c3ccc(OC)c(OC)c3)CCCCC2)ccc1O. The van der Waals surface area contributed by atoms with Crippen LogP contribution in [0.15, 0.2) is 48.6 Å². The molecule has 0 saturated heterocycles. The number of aromatic hydroxyl groups is 1. The molecule has 0 heterocycles. The predicted molar refractivity (Wildman–Crippen MR) is 128 cm³/mol. The van der Waals surface area contributed by atoms with Crippen LogP contribution < -0.4 is 14.2 Å². The quantitative estimate of drug-likeness (QED) is 0.416. The molecule has 0 unspecified atom stereocenters. The monoisotopic (exact) mass is 450 g/mol. The predicted octanol–water partition coefficient (Wildman–Crippen LogP) is 5.23. The highest BCUT2D eigenvalue weighted by molar-refractivity contribution is 6.17. The summed E-state index contributed by atoms with van der Waals surface area (Å²) < 4.78 is 15.7. The van der Waals surface area contributed by atoms with Gasteiger partial charge in [-0.2, -0.15) is 0 Å². The number of phenolic OH excluding ortho intramolecular Hbond substituents is 1. The first-order valence-corrected chi connectivity index (χ1v) is 11.0. The van der Waals surface area contributed by atoms with E-state index < -0.39 is 5.41 Å². The van der Waals surface area contributed by atoms with Crippen molar-refractivity contribution in [1.82, 2.24) is 0 Å². The van der Waals surface area contributed by atoms with Crippen molar-refractivity contribution in [3.05, 3.63) is 59.7 Å². The molecule has 1 aliphatic rings. The van der Waals surface area contributed by atoms with E-state index in [4.69, 9.17) is 14.2 Å². The van der Waals surface area contributed by atoms with Gasteiger partial charge in [-0.1, -0.05) is 43.5 Å². The van der Waals surface area contributed by atoms with Gasteiger partial charge >= 0.3 is 0 Å². The standard InChI is InChI=1S/C27H30O6/c1-31-22-12-8-20(18-24(22)33-3)10-14-26(30)27(15-5-4-6-16-27)25(29)13-9-19-7-11-21(28)23(17-19)32-2/h7-14,17-18,28H,4-6,15-16H2,1-3H3/b13-9+,14-10+. The van der Waals surface area contributed by atoms with Gasteiger partial charge in [-0.05, 0) is 60.4 Å². The van der Waals surface area contributed by atoms with Crippen LogP contribution in [0.3, 0.4) is 0 Å². The first kappa shape index (κ1) is 24.1. The Bertz CT molecular complexity index is 1060. The second-order valence-electron chi connectivity index (χ2n) is 8.08. The number of rotatable bonds is 9. The van der Waals surface area contributed by atoms with E-state index in [9.17, 15) is 14.7 Å². The summed E-state index contributed by atoms with van der Waals surface area (Å²) in [6.07, 6.45) is 10.1. The largest absolute Gasteiger partial charge is 0.504 e. The summed E-state index contributed by atoms with van der Waals surface area (Å²) in [7, 11) is 4.59. The number of methoxy groups -OCH3 is 3. The Hall–Kier alpha value is -3.54. The summed E-state index contributed by atoms with van der Waals surface area (Å²) in [6, 6.07) is 10.2. The lowest BCUT2D eigenvalue weighted by atomic mass is 9.68. The number of phenols is 1. The van der Waals surface area contributed by atoms with Crippen molar-refractivity contribution in [1.29, 1.82) is 0 Å². The van der Waals surface area contributed by atoms with E-state index in [1.807, 2.05) is 6.07 Å². The zero-order valence-corrected chi connectivity index (χ0v) is 19.3. The molecule has 0 radical (unpaired) electrons. The Morgan fingerprint density at radius 2 is 1.27 bits per heavy atom.